The molecule has 1 saturated heterocycles. The number of amides is 2. The highest BCUT2D eigenvalue weighted by molar-refractivity contribution is 5.99. The van der Waals surface area contributed by atoms with Gasteiger partial charge in [0.2, 0.25) is 11.8 Å². The third-order valence-electron chi connectivity index (χ3n) is 3.66. The molecule has 2 amide bonds. The van der Waals surface area contributed by atoms with Gasteiger partial charge in [0.25, 0.3) is 0 Å². The van der Waals surface area contributed by atoms with Gasteiger partial charge < -0.3 is 10.2 Å². The van der Waals surface area contributed by atoms with E-state index in [9.17, 15) is 9.59 Å². The van der Waals surface area contributed by atoms with Crippen molar-refractivity contribution in [3.8, 4) is 0 Å². The van der Waals surface area contributed by atoms with Gasteiger partial charge in [0.05, 0.1) is 0 Å². The molecule has 1 rings (SSSR count). The first-order valence-electron chi connectivity index (χ1n) is 6.60. The fraction of sp³-hybridized carbons (Fsp3) is 0.714. The standard InChI is InChI=1S/C14H24N2O2/c1-6-8-16-12(17)11(9-10(3)4)15-13(18)14(16,5)7-2/h6,10-11H,1,7-9H2,2-5H3,(H,15,18). The molecule has 0 aromatic rings. The number of nitrogens with one attached hydrogen (secondary N) is 1. The molecule has 1 heterocycles. The maximum absolute atomic E-state index is 12.4. The highest BCUT2D eigenvalue weighted by Crippen LogP contribution is 2.26. The fourth-order valence-corrected chi connectivity index (χ4v) is 2.33. The second kappa shape index (κ2) is 5.55. The van der Waals surface area contributed by atoms with E-state index in [1.165, 1.54) is 0 Å². The van der Waals surface area contributed by atoms with Gasteiger partial charge in [0, 0.05) is 6.54 Å². The molecule has 0 aliphatic carbocycles. The molecule has 1 aliphatic rings. The topological polar surface area (TPSA) is 49.4 Å². The van der Waals surface area contributed by atoms with Crippen LogP contribution in [0.4, 0.5) is 0 Å². The molecule has 0 saturated carbocycles. The van der Waals surface area contributed by atoms with E-state index in [0.717, 1.165) is 0 Å². The van der Waals surface area contributed by atoms with Gasteiger partial charge in [-0.15, -0.1) is 6.58 Å². The van der Waals surface area contributed by atoms with Gasteiger partial charge in [-0.1, -0.05) is 26.8 Å². The molecule has 2 unspecified atom stereocenters. The molecule has 18 heavy (non-hydrogen) atoms. The van der Waals surface area contributed by atoms with Crippen molar-refractivity contribution in [2.75, 3.05) is 6.54 Å². The molecule has 0 aromatic heterocycles. The zero-order chi connectivity index (χ0) is 13.9. The maximum Gasteiger partial charge on any atom is 0.246 e. The Labute approximate surface area is 109 Å². The predicted octanol–water partition coefficient (Wildman–Crippen LogP) is 1.71. The summed E-state index contributed by atoms with van der Waals surface area (Å²) < 4.78 is 0. The van der Waals surface area contributed by atoms with E-state index >= 15 is 0 Å². The van der Waals surface area contributed by atoms with Crippen molar-refractivity contribution in [3.05, 3.63) is 12.7 Å². The minimum Gasteiger partial charge on any atom is -0.342 e. The number of piperazine rings is 1. The lowest BCUT2D eigenvalue weighted by Gasteiger charge is -2.45. The van der Waals surface area contributed by atoms with Gasteiger partial charge in [-0.2, -0.15) is 0 Å². The minimum absolute atomic E-state index is 0.00699. The van der Waals surface area contributed by atoms with Gasteiger partial charge in [0.15, 0.2) is 0 Å². The summed E-state index contributed by atoms with van der Waals surface area (Å²) in [5.74, 6) is 0.320. The zero-order valence-corrected chi connectivity index (χ0v) is 11.8. The Bertz CT molecular complexity index is 352. The first-order chi connectivity index (χ1) is 8.36. The van der Waals surface area contributed by atoms with Gasteiger partial charge in [0.1, 0.15) is 11.6 Å². The molecule has 102 valence electrons. The third kappa shape index (κ3) is 2.57. The van der Waals surface area contributed by atoms with Crippen LogP contribution in [-0.4, -0.2) is 34.8 Å². The van der Waals surface area contributed by atoms with Crippen LogP contribution in [0.5, 0.6) is 0 Å². The van der Waals surface area contributed by atoms with Crippen LogP contribution in [0.1, 0.15) is 40.5 Å². The Morgan fingerprint density at radius 3 is 2.56 bits per heavy atom. The van der Waals surface area contributed by atoms with E-state index in [2.05, 4.69) is 11.9 Å². The Morgan fingerprint density at radius 1 is 1.50 bits per heavy atom. The lowest BCUT2D eigenvalue weighted by atomic mass is 9.88. The van der Waals surface area contributed by atoms with Crippen LogP contribution in [-0.2, 0) is 9.59 Å². The summed E-state index contributed by atoms with van der Waals surface area (Å²) in [6, 6.07) is -0.392. The molecule has 4 nitrogen and oxygen atoms in total. The zero-order valence-electron chi connectivity index (χ0n) is 11.8. The number of hydrogen-bond acceptors (Lipinski definition) is 2. The summed E-state index contributed by atoms with van der Waals surface area (Å²) in [4.78, 5) is 26.3. The summed E-state index contributed by atoms with van der Waals surface area (Å²) in [6.45, 7) is 11.9. The van der Waals surface area contributed by atoms with Gasteiger partial charge in [-0.05, 0) is 25.7 Å². The number of nitrogens with zero attached hydrogens (tertiary/aromatic N) is 1. The molecule has 0 aromatic carbocycles. The summed E-state index contributed by atoms with van der Waals surface area (Å²) in [7, 11) is 0. The van der Waals surface area contributed by atoms with E-state index in [-0.39, 0.29) is 11.8 Å². The molecule has 1 fully saturated rings. The SMILES string of the molecule is C=CCN1C(=O)C(CC(C)C)NC(=O)C1(C)CC. The first kappa shape index (κ1) is 14.7. The molecule has 0 bridgehead atoms. The highest BCUT2D eigenvalue weighted by atomic mass is 16.2. The second-order valence-corrected chi connectivity index (χ2v) is 5.52. The van der Waals surface area contributed by atoms with Crippen molar-refractivity contribution in [2.24, 2.45) is 5.92 Å². The van der Waals surface area contributed by atoms with Crippen molar-refractivity contribution in [3.63, 3.8) is 0 Å². The Balaban J connectivity index is 3.01. The van der Waals surface area contributed by atoms with E-state index in [1.807, 2.05) is 27.7 Å². The lowest BCUT2D eigenvalue weighted by molar-refractivity contribution is -0.156. The van der Waals surface area contributed by atoms with Crippen LogP contribution in [0.25, 0.3) is 0 Å². The van der Waals surface area contributed by atoms with Crippen LogP contribution >= 0.6 is 0 Å². The van der Waals surface area contributed by atoms with Crippen LogP contribution in [0, 0.1) is 5.92 Å². The average molecular weight is 252 g/mol. The van der Waals surface area contributed by atoms with Gasteiger partial charge in [-0.25, -0.2) is 0 Å². The second-order valence-electron chi connectivity index (χ2n) is 5.52. The quantitative estimate of drug-likeness (QED) is 0.757. The van der Waals surface area contributed by atoms with Crippen molar-refractivity contribution >= 4 is 11.8 Å². The maximum atomic E-state index is 12.4. The molecular formula is C14H24N2O2. The fourth-order valence-electron chi connectivity index (χ4n) is 2.33. The van der Waals surface area contributed by atoms with Gasteiger partial charge in [-0.3, -0.25) is 9.59 Å². The highest BCUT2D eigenvalue weighted by Gasteiger charge is 2.47. The molecule has 1 aliphatic heterocycles. The summed E-state index contributed by atoms with van der Waals surface area (Å²) >= 11 is 0. The Kier molecular flexibility index (Phi) is 4.54. The largest absolute Gasteiger partial charge is 0.342 e. The molecule has 2 atom stereocenters. The minimum atomic E-state index is -0.751. The molecular weight excluding hydrogens is 228 g/mol. The number of carbonyl (C=O) groups excluding carboxylic acids is 2. The summed E-state index contributed by atoms with van der Waals surface area (Å²) in [5, 5.41) is 2.86. The van der Waals surface area contributed by atoms with E-state index in [4.69, 9.17) is 0 Å². The predicted molar refractivity (Wildman–Crippen MR) is 72.0 cm³/mol. The van der Waals surface area contributed by atoms with Crippen molar-refractivity contribution in [2.45, 2.75) is 52.1 Å². The molecule has 4 heteroatoms. The number of carbonyl (C=O) groups is 2. The summed E-state index contributed by atoms with van der Waals surface area (Å²) in [5.41, 5.74) is -0.751. The van der Waals surface area contributed by atoms with Gasteiger partial charge >= 0.3 is 0 Å². The number of rotatable bonds is 5. The van der Waals surface area contributed by atoms with E-state index in [1.54, 1.807) is 11.0 Å². The normalized spacial score (nSPS) is 28.5. The van der Waals surface area contributed by atoms with E-state index < -0.39 is 11.6 Å². The first-order valence-corrected chi connectivity index (χ1v) is 6.60. The lowest BCUT2D eigenvalue weighted by Crippen LogP contribution is -2.69. The average Bonchev–Trinajstić information content (AvgIpc) is 2.31. The monoisotopic (exact) mass is 252 g/mol. The van der Waals surface area contributed by atoms with Crippen molar-refractivity contribution in [1.82, 2.24) is 10.2 Å². The molecule has 0 radical (unpaired) electrons. The Hall–Kier alpha value is -1.32. The van der Waals surface area contributed by atoms with Crippen LogP contribution in [0.3, 0.4) is 0 Å². The van der Waals surface area contributed by atoms with Crippen molar-refractivity contribution < 1.29 is 9.59 Å². The smallest absolute Gasteiger partial charge is 0.246 e. The number of hydrogen-bond donors (Lipinski definition) is 1. The van der Waals surface area contributed by atoms with Crippen molar-refractivity contribution in [1.29, 1.82) is 0 Å². The Morgan fingerprint density at radius 2 is 2.11 bits per heavy atom. The van der Waals surface area contributed by atoms with Crippen LogP contribution in [0.2, 0.25) is 0 Å². The molecule has 0 spiro atoms. The van der Waals surface area contributed by atoms with Crippen LogP contribution < -0.4 is 5.32 Å². The van der Waals surface area contributed by atoms with E-state index in [0.29, 0.717) is 25.3 Å². The summed E-state index contributed by atoms with van der Waals surface area (Å²) in [6.07, 6.45) is 2.96. The van der Waals surface area contributed by atoms with Crippen LogP contribution in [0.15, 0.2) is 12.7 Å². The third-order valence-corrected chi connectivity index (χ3v) is 3.66. The molecule has 1 N–H and O–H groups in total.